The molecule has 1 heteroatoms. The van der Waals surface area contributed by atoms with Gasteiger partial charge in [-0.05, 0) is 78.7 Å². The molecule has 4 aliphatic carbocycles. The Morgan fingerprint density at radius 3 is 1.76 bits per heavy atom. The normalized spacial score (nSPS) is 39.0. The summed E-state index contributed by atoms with van der Waals surface area (Å²) in [6.07, 6.45) is 7.62. The lowest BCUT2D eigenvalue weighted by molar-refractivity contribution is -0.0364. The summed E-state index contributed by atoms with van der Waals surface area (Å²) >= 11 is 4.10. The first kappa shape index (κ1) is 14.3. The standard InChI is InChI=1S/C20H27Br/c1-12(2)15-3-5-16(6-4-15)20(21)19-17-8-13-7-14(10-17)11-18(19)9-13/h3-6,12-14,17-20H,7-11H2,1-2H3. The van der Waals surface area contributed by atoms with Gasteiger partial charge in [0.1, 0.15) is 0 Å². The number of benzene rings is 1. The summed E-state index contributed by atoms with van der Waals surface area (Å²) in [6, 6.07) is 9.42. The summed E-state index contributed by atoms with van der Waals surface area (Å²) in [6.45, 7) is 4.55. The third-order valence-electron chi connectivity index (χ3n) is 6.56. The molecule has 0 spiro atoms. The minimum atomic E-state index is 0.578. The molecule has 1 unspecified atom stereocenters. The fourth-order valence-corrected chi connectivity index (χ4v) is 6.90. The Bertz CT molecular complexity index is 473. The minimum Gasteiger partial charge on any atom is -0.0836 e. The molecule has 21 heavy (non-hydrogen) atoms. The lowest BCUT2D eigenvalue weighted by Crippen LogP contribution is -2.46. The van der Waals surface area contributed by atoms with Crippen molar-refractivity contribution in [3.63, 3.8) is 0 Å². The average Bonchev–Trinajstić information content (AvgIpc) is 2.46. The Morgan fingerprint density at radius 2 is 1.29 bits per heavy atom. The van der Waals surface area contributed by atoms with Gasteiger partial charge in [-0.25, -0.2) is 0 Å². The van der Waals surface area contributed by atoms with E-state index in [0.29, 0.717) is 10.7 Å². The second-order valence-electron chi connectivity index (χ2n) is 8.23. The average molecular weight is 347 g/mol. The fourth-order valence-electron chi connectivity index (χ4n) is 5.73. The maximum atomic E-state index is 4.10. The topological polar surface area (TPSA) is 0 Å². The van der Waals surface area contributed by atoms with Crippen LogP contribution in [0.3, 0.4) is 0 Å². The predicted molar refractivity (Wildman–Crippen MR) is 92.7 cm³/mol. The zero-order chi connectivity index (χ0) is 14.6. The molecule has 4 saturated carbocycles. The van der Waals surface area contributed by atoms with Gasteiger partial charge in [-0.15, -0.1) is 0 Å². The van der Waals surface area contributed by atoms with E-state index < -0.39 is 0 Å². The van der Waals surface area contributed by atoms with Gasteiger partial charge < -0.3 is 0 Å². The van der Waals surface area contributed by atoms with Gasteiger partial charge >= 0.3 is 0 Å². The van der Waals surface area contributed by atoms with Gasteiger partial charge in [-0.2, -0.15) is 0 Å². The van der Waals surface area contributed by atoms with Gasteiger partial charge in [0, 0.05) is 4.83 Å². The molecule has 4 fully saturated rings. The van der Waals surface area contributed by atoms with E-state index in [-0.39, 0.29) is 0 Å². The zero-order valence-electron chi connectivity index (χ0n) is 13.3. The van der Waals surface area contributed by atoms with Crippen LogP contribution < -0.4 is 0 Å². The molecule has 0 aliphatic heterocycles. The quantitative estimate of drug-likeness (QED) is 0.561. The van der Waals surface area contributed by atoms with Gasteiger partial charge in [0.25, 0.3) is 0 Å². The van der Waals surface area contributed by atoms with Gasteiger partial charge in [0.2, 0.25) is 0 Å². The molecule has 0 radical (unpaired) electrons. The smallest absolute Gasteiger partial charge is 0.0428 e. The van der Waals surface area contributed by atoms with E-state index in [1.54, 1.807) is 6.42 Å². The maximum absolute atomic E-state index is 4.10. The van der Waals surface area contributed by atoms with Crippen LogP contribution in [0.1, 0.15) is 67.8 Å². The van der Waals surface area contributed by atoms with Crippen LogP contribution in [0.15, 0.2) is 24.3 Å². The Balaban J connectivity index is 1.55. The molecule has 0 aromatic heterocycles. The maximum Gasteiger partial charge on any atom is 0.0428 e. The van der Waals surface area contributed by atoms with Crippen molar-refractivity contribution >= 4 is 15.9 Å². The van der Waals surface area contributed by atoms with Gasteiger partial charge in [-0.1, -0.05) is 54.0 Å². The molecule has 114 valence electrons. The SMILES string of the molecule is CC(C)c1ccc(C(Br)C2C3CC4CC(C3)CC2C4)cc1. The lowest BCUT2D eigenvalue weighted by Gasteiger charge is -2.55. The first-order valence-electron chi connectivity index (χ1n) is 8.85. The molecule has 1 aromatic rings. The lowest BCUT2D eigenvalue weighted by atomic mass is 9.51. The monoisotopic (exact) mass is 346 g/mol. The summed E-state index contributed by atoms with van der Waals surface area (Å²) in [5, 5.41) is 0. The highest BCUT2D eigenvalue weighted by Crippen LogP contribution is 2.60. The van der Waals surface area contributed by atoms with Gasteiger partial charge in [0.05, 0.1) is 0 Å². The van der Waals surface area contributed by atoms with E-state index in [4.69, 9.17) is 0 Å². The molecule has 1 atom stereocenters. The van der Waals surface area contributed by atoms with Crippen molar-refractivity contribution in [1.82, 2.24) is 0 Å². The second kappa shape index (κ2) is 5.41. The molecule has 1 aromatic carbocycles. The van der Waals surface area contributed by atoms with Crippen molar-refractivity contribution < 1.29 is 0 Å². The number of rotatable bonds is 3. The zero-order valence-corrected chi connectivity index (χ0v) is 14.9. The van der Waals surface area contributed by atoms with Crippen LogP contribution in [0.2, 0.25) is 0 Å². The highest BCUT2D eigenvalue weighted by molar-refractivity contribution is 9.09. The molecule has 0 heterocycles. The Labute approximate surface area is 137 Å². The number of hydrogen-bond acceptors (Lipinski definition) is 0. The third-order valence-corrected chi connectivity index (χ3v) is 7.70. The first-order chi connectivity index (χ1) is 10.1. The van der Waals surface area contributed by atoms with Crippen LogP contribution in [0, 0.1) is 29.6 Å². The summed E-state index contributed by atoms with van der Waals surface area (Å²) in [4.78, 5) is 0.578. The first-order valence-corrected chi connectivity index (χ1v) is 9.77. The summed E-state index contributed by atoms with van der Waals surface area (Å²) in [7, 11) is 0. The molecular weight excluding hydrogens is 320 g/mol. The van der Waals surface area contributed by atoms with Crippen LogP contribution in [-0.2, 0) is 0 Å². The highest BCUT2D eigenvalue weighted by Gasteiger charge is 2.50. The molecule has 0 amide bonds. The molecule has 4 bridgehead atoms. The van der Waals surface area contributed by atoms with Crippen molar-refractivity contribution in [2.45, 2.75) is 56.7 Å². The van der Waals surface area contributed by atoms with Crippen molar-refractivity contribution in [2.24, 2.45) is 29.6 Å². The van der Waals surface area contributed by atoms with Crippen LogP contribution in [-0.4, -0.2) is 0 Å². The van der Waals surface area contributed by atoms with Crippen LogP contribution in [0.5, 0.6) is 0 Å². The summed E-state index contributed by atoms with van der Waals surface area (Å²) in [5.74, 6) is 5.67. The molecular formula is C20H27Br. The molecule has 0 saturated heterocycles. The molecule has 0 N–H and O–H groups in total. The van der Waals surface area contributed by atoms with Gasteiger partial charge in [0.15, 0.2) is 0 Å². The van der Waals surface area contributed by atoms with Crippen molar-refractivity contribution in [1.29, 1.82) is 0 Å². The Hall–Kier alpha value is -0.300. The van der Waals surface area contributed by atoms with Crippen LogP contribution in [0.4, 0.5) is 0 Å². The van der Waals surface area contributed by atoms with Gasteiger partial charge in [-0.3, -0.25) is 0 Å². The summed E-state index contributed by atoms with van der Waals surface area (Å²) < 4.78 is 0. The molecule has 0 nitrogen and oxygen atoms in total. The second-order valence-corrected chi connectivity index (χ2v) is 9.22. The van der Waals surface area contributed by atoms with Crippen molar-refractivity contribution in [3.8, 4) is 0 Å². The Kier molecular flexibility index (Phi) is 3.68. The number of halogens is 1. The van der Waals surface area contributed by atoms with Crippen molar-refractivity contribution in [3.05, 3.63) is 35.4 Å². The predicted octanol–water partition coefficient (Wildman–Crippen LogP) is 6.32. The largest absolute Gasteiger partial charge is 0.0836 e. The highest BCUT2D eigenvalue weighted by atomic mass is 79.9. The van der Waals surface area contributed by atoms with E-state index in [1.807, 2.05) is 0 Å². The van der Waals surface area contributed by atoms with E-state index in [0.717, 1.165) is 29.6 Å². The molecule has 5 rings (SSSR count). The van der Waals surface area contributed by atoms with Crippen LogP contribution >= 0.6 is 15.9 Å². The van der Waals surface area contributed by atoms with Crippen molar-refractivity contribution in [2.75, 3.05) is 0 Å². The van der Waals surface area contributed by atoms with Crippen LogP contribution in [0.25, 0.3) is 0 Å². The van der Waals surface area contributed by atoms with E-state index in [1.165, 1.54) is 36.8 Å². The van der Waals surface area contributed by atoms with E-state index in [2.05, 4.69) is 54.0 Å². The Morgan fingerprint density at radius 1 is 0.810 bits per heavy atom. The summed E-state index contributed by atoms with van der Waals surface area (Å²) in [5.41, 5.74) is 2.97. The van der Waals surface area contributed by atoms with E-state index >= 15 is 0 Å². The van der Waals surface area contributed by atoms with E-state index in [9.17, 15) is 0 Å². The molecule has 4 aliphatic rings. The third kappa shape index (κ3) is 2.50. The minimum absolute atomic E-state index is 0.578. The number of hydrogen-bond donors (Lipinski definition) is 0. The number of alkyl halides is 1. The fraction of sp³-hybridized carbons (Fsp3) is 0.700.